The first-order chi connectivity index (χ1) is 5.17. The second-order valence-electron chi connectivity index (χ2n) is 2.25. The number of allylic oxidation sites excluding steroid dienone is 2. The van der Waals surface area contributed by atoms with Crippen molar-refractivity contribution in [3.63, 3.8) is 0 Å². The summed E-state index contributed by atoms with van der Waals surface area (Å²) in [5.74, 6) is -0.0249. The number of amides is 1. The van der Waals surface area contributed by atoms with Gasteiger partial charge in [0.05, 0.1) is 0 Å². The van der Waals surface area contributed by atoms with Crippen LogP contribution in [0.3, 0.4) is 0 Å². The maximum absolute atomic E-state index is 11.1. The lowest BCUT2D eigenvalue weighted by Crippen LogP contribution is -2.20. The number of rotatable bonds is 2. The fourth-order valence-electron chi connectivity index (χ4n) is 0.828. The van der Waals surface area contributed by atoms with Crippen LogP contribution in [0.2, 0.25) is 0 Å². The first-order valence-electron chi connectivity index (χ1n) is 3.69. The Balaban J connectivity index is 4.57. The Morgan fingerprint density at radius 2 is 1.82 bits per heavy atom. The molecular formula is C9H15NO. The minimum Gasteiger partial charge on any atom is -0.355 e. The fraction of sp³-hybridized carbons (Fsp3) is 0.444. The van der Waals surface area contributed by atoms with Crippen molar-refractivity contribution >= 4 is 5.91 Å². The molecule has 0 bridgehead atoms. The van der Waals surface area contributed by atoms with Crippen LogP contribution in [0.4, 0.5) is 0 Å². The normalized spacial score (nSPS) is 13.1. The van der Waals surface area contributed by atoms with Gasteiger partial charge in [0.1, 0.15) is 0 Å². The van der Waals surface area contributed by atoms with Crippen molar-refractivity contribution in [2.75, 3.05) is 7.05 Å². The molecule has 0 aromatic carbocycles. The van der Waals surface area contributed by atoms with Gasteiger partial charge in [0.15, 0.2) is 0 Å². The van der Waals surface area contributed by atoms with E-state index >= 15 is 0 Å². The van der Waals surface area contributed by atoms with Crippen LogP contribution in [-0.2, 0) is 4.79 Å². The lowest BCUT2D eigenvalue weighted by atomic mass is 10.1. The van der Waals surface area contributed by atoms with Crippen LogP contribution in [0.1, 0.15) is 20.8 Å². The lowest BCUT2D eigenvalue weighted by Gasteiger charge is -2.03. The van der Waals surface area contributed by atoms with E-state index in [0.29, 0.717) is 0 Å². The maximum Gasteiger partial charge on any atom is 0.250 e. The molecule has 0 spiro atoms. The van der Waals surface area contributed by atoms with Gasteiger partial charge in [-0.05, 0) is 26.3 Å². The summed E-state index contributed by atoms with van der Waals surface area (Å²) >= 11 is 0. The fourth-order valence-corrected chi connectivity index (χ4v) is 0.828. The Morgan fingerprint density at radius 1 is 1.27 bits per heavy atom. The molecule has 0 fully saturated rings. The van der Waals surface area contributed by atoms with E-state index in [1.807, 2.05) is 32.9 Å². The van der Waals surface area contributed by atoms with Crippen LogP contribution in [0, 0.1) is 0 Å². The van der Waals surface area contributed by atoms with Gasteiger partial charge in [-0.2, -0.15) is 0 Å². The molecule has 0 aromatic rings. The van der Waals surface area contributed by atoms with Crippen molar-refractivity contribution < 1.29 is 4.79 Å². The number of nitrogens with one attached hydrogen (secondary N) is 1. The molecule has 1 amide bonds. The van der Waals surface area contributed by atoms with Gasteiger partial charge in [-0.15, -0.1) is 0 Å². The lowest BCUT2D eigenvalue weighted by molar-refractivity contribution is -0.116. The topological polar surface area (TPSA) is 29.1 Å². The molecule has 0 saturated carbocycles. The average molecular weight is 153 g/mol. The Bertz CT molecular complexity index is 202. The van der Waals surface area contributed by atoms with E-state index in [0.717, 1.165) is 11.1 Å². The molecule has 2 nitrogen and oxygen atoms in total. The number of carbonyl (C=O) groups is 1. The number of hydrogen-bond acceptors (Lipinski definition) is 1. The molecule has 0 unspecified atom stereocenters. The van der Waals surface area contributed by atoms with Gasteiger partial charge < -0.3 is 5.32 Å². The maximum atomic E-state index is 11.1. The van der Waals surface area contributed by atoms with Crippen LogP contribution in [-0.4, -0.2) is 13.0 Å². The molecule has 0 saturated heterocycles. The van der Waals surface area contributed by atoms with Crippen molar-refractivity contribution in [3.8, 4) is 0 Å². The molecule has 0 aromatic heterocycles. The predicted molar refractivity (Wildman–Crippen MR) is 47.3 cm³/mol. The molecule has 62 valence electrons. The Labute approximate surface area is 68.0 Å². The van der Waals surface area contributed by atoms with E-state index in [4.69, 9.17) is 0 Å². The molecule has 0 heterocycles. The molecule has 0 atom stereocenters. The Morgan fingerprint density at radius 3 is 2.09 bits per heavy atom. The van der Waals surface area contributed by atoms with E-state index in [1.165, 1.54) is 0 Å². The summed E-state index contributed by atoms with van der Waals surface area (Å²) in [6, 6.07) is 0. The van der Waals surface area contributed by atoms with E-state index in [9.17, 15) is 4.79 Å². The highest BCUT2D eigenvalue weighted by atomic mass is 16.1. The summed E-state index contributed by atoms with van der Waals surface area (Å²) in [6.07, 6.45) is 3.73. The van der Waals surface area contributed by atoms with E-state index in [1.54, 1.807) is 7.05 Å². The van der Waals surface area contributed by atoms with Gasteiger partial charge in [0.2, 0.25) is 0 Å². The van der Waals surface area contributed by atoms with Crippen molar-refractivity contribution in [1.82, 2.24) is 5.32 Å². The first kappa shape index (κ1) is 9.95. The highest BCUT2D eigenvalue weighted by molar-refractivity contribution is 5.97. The summed E-state index contributed by atoms with van der Waals surface area (Å²) in [5, 5.41) is 2.58. The SMILES string of the molecule is C/C=C(C)\C(=C/C)C(=O)NC. The zero-order chi connectivity index (χ0) is 8.85. The minimum absolute atomic E-state index is 0.0249. The predicted octanol–water partition coefficient (Wildman–Crippen LogP) is 1.64. The van der Waals surface area contributed by atoms with E-state index < -0.39 is 0 Å². The average Bonchev–Trinajstić information content (AvgIpc) is 2.05. The van der Waals surface area contributed by atoms with Gasteiger partial charge in [-0.3, -0.25) is 4.79 Å². The molecule has 0 aliphatic heterocycles. The Kier molecular flexibility index (Phi) is 4.27. The van der Waals surface area contributed by atoms with Crippen molar-refractivity contribution in [2.45, 2.75) is 20.8 Å². The summed E-state index contributed by atoms with van der Waals surface area (Å²) in [6.45, 7) is 5.70. The Hall–Kier alpha value is -1.05. The third kappa shape index (κ3) is 2.58. The molecule has 2 heteroatoms. The molecule has 1 N–H and O–H groups in total. The second kappa shape index (κ2) is 4.72. The third-order valence-electron chi connectivity index (χ3n) is 1.62. The molecule has 0 radical (unpaired) electrons. The van der Waals surface area contributed by atoms with Crippen LogP contribution in [0.15, 0.2) is 23.3 Å². The number of likely N-dealkylation sites (N-methyl/N-ethyl adjacent to an activating group) is 1. The summed E-state index contributed by atoms with van der Waals surface area (Å²) in [4.78, 5) is 11.1. The number of hydrogen-bond donors (Lipinski definition) is 1. The molecule has 0 aliphatic carbocycles. The van der Waals surface area contributed by atoms with Crippen LogP contribution in [0.25, 0.3) is 0 Å². The summed E-state index contributed by atoms with van der Waals surface area (Å²) < 4.78 is 0. The van der Waals surface area contributed by atoms with Crippen LogP contribution >= 0.6 is 0 Å². The van der Waals surface area contributed by atoms with Crippen LogP contribution < -0.4 is 5.32 Å². The zero-order valence-corrected chi connectivity index (χ0v) is 7.56. The highest BCUT2D eigenvalue weighted by Crippen LogP contribution is 2.07. The molecule has 0 rings (SSSR count). The first-order valence-corrected chi connectivity index (χ1v) is 3.69. The largest absolute Gasteiger partial charge is 0.355 e. The van der Waals surface area contributed by atoms with Crippen LogP contribution in [0.5, 0.6) is 0 Å². The molecule has 0 aliphatic rings. The zero-order valence-electron chi connectivity index (χ0n) is 7.56. The van der Waals surface area contributed by atoms with Gasteiger partial charge in [0.25, 0.3) is 5.91 Å². The minimum atomic E-state index is -0.0249. The van der Waals surface area contributed by atoms with Gasteiger partial charge in [-0.1, -0.05) is 12.2 Å². The van der Waals surface area contributed by atoms with Crippen molar-refractivity contribution in [1.29, 1.82) is 0 Å². The van der Waals surface area contributed by atoms with Gasteiger partial charge in [-0.25, -0.2) is 0 Å². The van der Waals surface area contributed by atoms with Crippen molar-refractivity contribution in [3.05, 3.63) is 23.3 Å². The van der Waals surface area contributed by atoms with E-state index in [-0.39, 0.29) is 5.91 Å². The summed E-state index contributed by atoms with van der Waals surface area (Å²) in [7, 11) is 1.63. The third-order valence-corrected chi connectivity index (χ3v) is 1.62. The van der Waals surface area contributed by atoms with Gasteiger partial charge >= 0.3 is 0 Å². The highest BCUT2D eigenvalue weighted by Gasteiger charge is 2.05. The second-order valence-corrected chi connectivity index (χ2v) is 2.25. The number of carbonyl (C=O) groups excluding carboxylic acids is 1. The summed E-state index contributed by atoms with van der Waals surface area (Å²) in [5.41, 5.74) is 1.75. The molecular weight excluding hydrogens is 138 g/mol. The monoisotopic (exact) mass is 153 g/mol. The standard InChI is InChI=1S/C9H15NO/c1-5-7(3)8(6-2)9(11)10-4/h5-6H,1-4H3,(H,10,11)/b7-5-,8-6+. The van der Waals surface area contributed by atoms with Crippen molar-refractivity contribution in [2.24, 2.45) is 0 Å². The van der Waals surface area contributed by atoms with Gasteiger partial charge in [0, 0.05) is 12.6 Å². The van der Waals surface area contributed by atoms with E-state index in [2.05, 4.69) is 5.32 Å². The smallest absolute Gasteiger partial charge is 0.250 e. The molecule has 11 heavy (non-hydrogen) atoms. The quantitative estimate of drug-likeness (QED) is 0.474.